The molecule has 0 radical (unpaired) electrons. The second-order valence-corrected chi connectivity index (χ2v) is 4.20. The maximum absolute atomic E-state index is 8.88. The molecular formula is C10H17NOS. The van der Waals surface area contributed by atoms with Crippen LogP contribution < -0.4 is 0 Å². The van der Waals surface area contributed by atoms with Crippen LogP contribution in [0.2, 0.25) is 0 Å². The molecule has 0 bridgehead atoms. The lowest BCUT2D eigenvalue weighted by Gasteiger charge is -2.24. The van der Waals surface area contributed by atoms with Crippen molar-refractivity contribution in [3.8, 4) is 0 Å². The van der Waals surface area contributed by atoms with Gasteiger partial charge in [0, 0.05) is 19.1 Å². The number of hydrogen-bond donors (Lipinski definition) is 1. The Hall–Kier alpha value is -0.380. The SMILES string of the molecule is CC(C)N(CCO)Cc1ccsc1. The van der Waals surface area contributed by atoms with Crippen molar-refractivity contribution in [1.82, 2.24) is 4.90 Å². The number of aliphatic hydroxyl groups is 1. The third-order valence-electron chi connectivity index (χ3n) is 2.08. The zero-order valence-electron chi connectivity index (χ0n) is 8.23. The average Bonchev–Trinajstić information content (AvgIpc) is 2.56. The molecule has 1 rings (SSSR count). The summed E-state index contributed by atoms with van der Waals surface area (Å²) < 4.78 is 0. The molecule has 74 valence electrons. The highest BCUT2D eigenvalue weighted by atomic mass is 32.1. The first-order valence-electron chi connectivity index (χ1n) is 4.60. The minimum atomic E-state index is 0.238. The largest absolute Gasteiger partial charge is 0.395 e. The highest BCUT2D eigenvalue weighted by Gasteiger charge is 2.08. The molecule has 0 saturated heterocycles. The van der Waals surface area contributed by atoms with Crippen molar-refractivity contribution >= 4 is 11.3 Å². The standard InChI is InChI=1S/C10H17NOS/c1-9(2)11(4-5-12)7-10-3-6-13-8-10/h3,6,8-9,12H,4-5,7H2,1-2H3. The minimum Gasteiger partial charge on any atom is -0.395 e. The van der Waals surface area contributed by atoms with Gasteiger partial charge in [-0.25, -0.2) is 0 Å². The molecule has 13 heavy (non-hydrogen) atoms. The van der Waals surface area contributed by atoms with Crippen LogP contribution in [0.1, 0.15) is 19.4 Å². The van der Waals surface area contributed by atoms with Gasteiger partial charge in [0.25, 0.3) is 0 Å². The summed E-state index contributed by atoms with van der Waals surface area (Å²) in [5, 5.41) is 13.1. The fraction of sp³-hybridized carbons (Fsp3) is 0.600. The molecule has 0 aliphatic carbocycles. The first-order chi connectivity index (χ1) is 6.24. The summed E-state index contributed by atoms with van der Waals surface area (Å²) in [6.07, 6.45) is 0. The lowest BCUT2D eigenvalue weighted by molar-refractivity contribution is 0.159. The van der Waals surface area contributed by atoms with Gasteiger partial charge in [-0.3, -0.25) is 4.90 Å². The van der Waals surface area contributed by atoms with E-state index in [4.69, 9.17) is 5.11 Å². The Balaban J connectivity index is 2.47. The van der Waals surface area contributed by atoms with Crippen LogP contribution in [0.5, 0.6) is 0 Å². The number of thiophene rings is 1. The summed E-state index contributed by atoms with van der Waals surface area (Å²) in [7, 11) is 0. The van der Waals surface area contributed by atoms with Gasteiger partial charge in [-0.1, -0.05) is 0 Å². The van der Waals surface area contributed by atoms with Crippen molar-refractivity contribution in [2.75, 3.05) is 13.2 Å². The molecule has 1 aromatic heterocycles. The van der Waals surface area contributed by atoms with Crippen LogP contribution in [0, 0.1) is 0 Å². The number of rotatable bonds is 5. The molecule has 3 heteroatoms. The fourth-order valence-electron chi connectivity index (χ4n) is 1.27. The first kappa shape index (κ1) is 10.7. The Bertz CT molecular complexity index is 221. The monoisotopic (exact) mass is 199 g/mol. The second kappa shape index (κ2) is 5.37. The molecule has 1 N–H and O–H groups in total. The zero-order chi connectivity index (χ0) is 9.68. The van der Waals surface area contributed by atoms with E-state index in [0.29, 0.717) is 6.04 Å². The molecule has 2 nitrogen and oxygen atoms in total. The summed E-state index contributed by atoms with van der Waals surface area (Å²) in [4.78, 5) is 2.27. The predicted octanol–water partition coefficient (Wildman–Crippen LogP) is 1.95. The van der Waals surface area contributed by atoms with E-state index in [-0.39, 0.29) is 6.61 Å². The van der Waals surface area contributed by atoms with Crippen molar-refractivity contribution < 1.29 is 5.11 Å². The minimum absolute atomic E-state index is 0.238. The Morgan fingerprint density at radius 3 is 2.77 bits per heavy atom. The molecule has 0 saturated carbocycles. The molecule has 0 amide bonds. The number of aliphatic hydroxyl groups excluding tert-OH is 1. The van der Waals surface area contributed by atoms with Gasteiger partial charge in [0.05, 0.1) is 6.61 Å². The van der Waals surface area contributed by atoms with Gasteiger partial charge in [0.15, 0.2) is 0 Å². The summed E-state index contributed by atoms with van der Waals surface area (Å²) in [5.74, 6) is 0. The van der Waals surface area contributed by atoms with E-state index in [2.05, 4.69) is 35.6 Å². The summed E-state index contributed by atoms with van der Waals surface area (Å²) in [5.41, 5.74) is 1.34. The van der Waals surface area contributed by atoms with Crippen LogP contribution >= 0.6 is 11.3 Å². The number of nitrogens with zero attached hydrogens (tertiary/aromatic N) is 1. The van der Waals surface area contributed by atoms with E-state index in [9.17, 15) is 0 Å². The van der Waals surface area contributed by atoms with E-state index in [1.54, 1.807) is 11.3 Å². The molecule has 1 heterocycles. The Morgan fingerprint density at radius 1 is 1.54 bits per heavy atom. The van der Waals surface area contributed by atoms with Gasteiger partial charge in [0.1, 0.15) is 0 Å². The summed E-state index contributed by atoms with van der Waals surface area (Å²) in [6.45, 7) is 6.25. The van der Waals surface area contributed by atoms with Gasteiger partial charge >= 0.3 is 0 Å². The molecule has 0 aromatic carbocycles. The fourth-order valence-corrected chi connectivity index (χ4v) is 1.93. The van der Waals surface area contributed by atoms with E-state index < -0.39 is 0 Å². The molecular weight excluding hydrogens is 182 g/mol. The maximum Gasteiger partial charge on any atom is 0.0558 e. The highest BCUT2D eigenvalue weighted by molar-refractivity contribution is 7.07. The van der Waals surface area contributed by atoms with Gasteiger partial charge in [-0.2, -0.15) is 11.3 Å². The molecule has 0 spiro atoms. The van der Waals surface area contributed by atoms with Crippen molar-refractivity contribution in [2.24, 2.45) is 0 Å². The van der Waals surface area contributed by atoms with Crippen LogP contribution in [0.15, 0.2) is 16.8 Å². The van der Waals surface area contributed by atoms with E-state index in [1.165, 1.54) is 5.56 Å². The van der Waals surface area contributed by atoms with Crippen molar-refractivity contribution in [2.45, 2.75) is 26.4 Å². The lowest BCUT2D eigenvalue weighted by Crippen LogP contribution is -2.32. The smallest absolute Gasteiger partial charge is 0.0558 e. The van der Waals surface area contributed by atoms with E-state index >= 15 is 0 Å². The lowest BCUT2D eigenvalue weighted by atomic mass is 10.2. The van der Waals surface area contributed by atoms with Gasteiger partial charge in [0.2, 0.25) is 0 Å². The van der Waals surface area contributed by atoms with Crippen LogP contribution in [0.3, 0.4) is 0 Å². The molecule has 0 fully saturated rings. The first-order valence-corrected chi connectivity index (χ1v) is 5.54. The Kier molecular flexibility index (Phi) is 4.42. The van der Waals surface area contributed by atoms with Crippen LogP contribution in [0.25, 0.3) is 0 Å². The normalized spacial score (nSPS) is 11.5. The van der Waals surface area contributed by atoms with Crippen LogP contribution in [-0.4, -0.2) is 29.2 Å². The van der Waals surface area contributed by atoms with Crippen LogP contribution in [-0.2, 0) is 6.54 Å². The van der Waals surface area contributed by atoms with Gasteiger partial charge in [-0.15, -0.1) is 0 Å². The third-order valence-corrected chi connectivity index (χ3v) is 2.82. The Morgan fingerprint density at radius 2 is 2.31 bits per heavy atom. The molecule has 1 aromatic rings. The average molecular weight is 199 g/mol. The van der Waals surface area contributed by atoms with Gasteiger partial charge < -0.3 is 5.11 Å². The van der Waals surface area contributed by atoms with E-state index in [1.807, 2.05) is 0 Å². The quantitative estimate of drug-likeness (QED) is 0.783. The van der Waals surface area contributed by atoms with Crippen molar-refractivity contribution in [3.05, 3.63) is 22.4 Å². The highest BCUT2D eigenvalue weighted by Crippen LogP contribution is 2.11. The van der Waals surface area contributed by atoms with Crippen molar-refractivity contribution in [3.63, 3.8) is 0 Å². The summed E-state index contributed by atoms with van der Waals surface area (Å²) >= 11 is 1.72. The molecule has 0 unspecified atom stereocenters. The zero-order valence-corrected chi connectivity index (χ0v) is 9.05. The molecule has 0 atom stereocenters. The number of hydrogen-bond acceptors (Lipinski definition) is 3. The predicted molar refractivity (Wildman–Crippen MR) is 57.0 cm³/mol. The van der Waals surface area contributed by atoms with Crippen molar-refractivity contribution in [1.29, 1.82) is 0 Å². The molecule has 0 aliphatic heterocycles. The van der Waals surface area contributed by atoms with E-state index in [0.717, 1.165) is 13.1 Å². The maximum atomic E-state index is 8.88. The third kappa shape index (κ3) is 3.46. The van der Waals surface area contributed by atoms with Crippen LogP contribution in [0.4, 0.5) is 0 Å². The Labute approximate surface area is 83.8 Å². The molecule has 0 aliphatic rings. The topological polar surface area (TPSA) is 23.5 Å². The van der Waals surface area contributed by atoms with Gasteiger partial charge in [-0.05, 0) is 36.2 Å². The second-order valence-electron chi connectivity index (χ2n) is 3.42. The summed E-state index contributed by atoms with van der Waals surface area (Å²) in [6, 6.07) is 2.63.